The number of halogens is 3. The first-order chi connectivity index (χ1) is 16.4. The van der Waals surface area contributed by atoms with Gasteiger partial charge in [-0.3, -0.25) is 9.80 Å². The lowest BCUT2D eigenvalue weighted by molar-refractivity contribution is 0.253. The molecule has 1 aromatic heterocycles. The van der Waals surface area contributed by atoms with Crippen molar-refractivity contribution < 1.29 is 13.6 Å². The number of pyridine rings is 1. The maximum atomic E-state index is 15.4. The van der Waals surface area contributed by atoms with E-state index in [1.165, 1.54) is 17.2 Å². The molecule has 0 unspecified atom stereocenters. The smallest absolute Gasteiger partial charge is 0.334 e. The second-order valence-electron chi connectivity index (χ2n) is 7.55. The fraction of sp³-hybridized carbons (Fsp3) is 0.208. The van der Waals surface area contributed by atoms with E-state index in [-0.39, 0.29) is 34.3 Å². The van der Waals surface area contributed by atoms with Crippen LogP contribution >= 0.6 is 11.6 Å². The van der Waals surface area contributed by atoms with Gasteiger partial charge in [0.2, 0.25) is 0 Å². The molecule has 34 heavy (non-hydrogen) atoms. The number of nitrogens with one attached hydrogen (secondary N) is 2. The molecule has 174 valence electrons. The van der Waals surface area contributed by atoms with Crippen molar-refractivity contribution in [2.45, 2.75) is 6.92 Å². The monoisotopic (exact) mass is 482 g/mol. The van der Waals surface area contributed by atoms with Crippen LogP contribution in [0.1, 0.15) is 12.5 Å². The van der Waals surface area contributed by atoms with Crippen LogP contribution in [0.4, 0.5) is 36.5 Å². The van der Waals surface area contributed by atoms with Crippen molar-refractivity contribution in [1.29, 1.82) is 5.26 Å². The Morgan fingerprint density at radius 2 is 1.85 bits per heavy atom. The van der Waals surface area contributed by atoms with E-state index in [9.17, 15) is 10.1 Å². The van der Waals surface area contributed by atoms with Gasteiger partial charge < -0.3 is 10.6 Å². The third kappa shape index (κ3) is 4.14. The summed E-state index contributed by atoms with van der Waals surface area (Å²) in [7, 11) is 1.77. The molecule has 10 heteroatoms. The number of fused-ring (bicyclic) bond motifs is 3. The predicted octanol–water partition coefficient (Wildman–Crippen LogP) is 5.28. The third-order valence-electron chi connectivity index (χ3n) is 5.43. The molecule has 0 saturated heterocycles. The Bertz CT molecular complexity index is 1290. The molecule has 0 saturated carbocycles. The molecule has 2 N–H and O–H groups in total. The van der Waals surface area contributed by atoms with Crippen molar-refractivity contribution >= 4 is 40.5 Å². The third-order valence-corrected chi connectivity index (χ3v) is 5.66. The lowest BCUT2D eigenvalue weighted by Gasteiger charge is -2.28. The summed E-state index contributed by atoms with van der Waals surface area (Å²) in [5.74, 6) is -1.55. The van der Waals surface area contributed by atoms with Gasteiger partial charge in [0.1, 0.15) is 17.6 Å². The first kappa shape index (κ1) is 23.4. The van der Waals surface area contributed by atoms with Gasteiger partial charge in [-0.25, -0.2) is 18.6 Å². The standard InChI is InChI=1S/C24H21ClF2N6O/c1-3-32-23-18(8-14(12-28)13-31-23)17-5-4-15(25)9-21(17)33(24(32)34)22-19(26)10-16(11-20(22)27)30-7-6-29-2/h4-5,8-11,13,29-30H,3,6-7H2,1-2H3. The average Bonchev–Trinajstić information content (AvgIpc) is 2.91. The Morgan fingerprint density at radius 1 is 1.12 bits per heavy atom. The van der Waals surface area contributed by atoms with E-state index >= 15 is 8.78 Å². The number of carbonyl (C=O) groups is 1. The lowest BCUT2D eigenvalue weighted by atomic mass is 10.0. The average molecular weight is 483 g/mol. The highest BCUT2D eigenvalue weighted by molar-refractivity contribution is 6.31. The largest absolute Gasteiger partial charge is 0.384 e. The zero-order valence-electron chi connectivity index (χ0n) is 18.5. The highest BCUT2D eigenvalue weighted by Crippen LogP contribution is 2.45. The number of amides is 2. The Kier molecular flexibility index (Phi) is 6.63. The molecule has 0 aliphatic carbocycles. The molecule has 0 atom stereocenters. The maximum Gasteiger partial charge on any atom is 0.334 e. The van der Waals surface area contributed by atoms with Crippen LogP contribution in [0.2, 0.25) is 5.02 Å². The molecule has 2 amide bonds. The van der Waals surface area contributed by atoms with Gasteiger partial charge in [-0.1, -0.05) is 17.7 Å². The summed E-state index contributed by atoms with van der Waals surface area (Å²) in [5.41, 5.74) is 1.13. The molecule has 0 spiro atoms. The number of nitriles is 1. The molecule has 3 aromatic rings. The zero-order valence-corrected chi connectivity index (χ0v) is 19.2. The number of carbonyl (C=O) groups excluding carboxylic acids is 1. The van der Waals surface area contributed by atoms with Crippen molar-refractivity contribution in [1.82, 2.24) is 10.3 Å². The van der Waals surface area contributed by atoms with Gasteiger partial charge in [0.05, 0.1) is 11.3 Å². The number of aromatic nitrogens is 1. The van der Waals surface area contributed by atoms with Gasteiger partial charge in [0.15, 0.2) is 11.6 Å². The molecule has 1 aliphatic rings. The summed E-state index contributed by atoms with van der Waals surface area (Å²) in [6.07, 6.45) is 1.35. The topological polar surface area (TPSA) is 84.3 Å². The Labute approximate surface area is 200 Å². The highest BCUT2D eigenvalue weighted by atomic mass is 35.5. The van der Waals surface area contributed by atoms with E-state index in [0.29, 0.717) is 24.2 Å². The Balaban J connectivity index is 1.94. The number of hydrogen-bond acceptors (Lipinski definition) is 5. The van der Waals surface area contributed by atoms with Crippen LogP contribution in [-0.4, -0.2) is 37.7 Å². The van der Waals surface area contributed by atoms with Crippen LogP contribution in [0, 0.1) is 23.0 Å². The minimum Gasteiger partial charge on any atom is -0.384 e. The van der Waals surface area contributed by atoms with Gasteiger partial charge >= 0.3 is 6.03 Å². The quantitative estimate of drug-likeness (QED) is 0.467. The van der Waals surface area contributed by atoms with Gasteiger partial charge in [-0.2, -0.15) is 5.26 Å². The van der Waals surface area contributed by atoms with Crippen LogP contribution in [0.5, 0.6) is 0 Å². The molecule has 2 heterocycles. The second kappa shape index (κ2) is 9.63. The number of likely N-dealkylation sites (N-methyl/N-ethyl adjacent to an activating group) is 1. The van der Waals surface area contributed by atoms with Gasteiger partial charge in [-0.05, 0) is 44.3 Å². The number of anilines is 4. The highest BCUT2D eigenvalue weighted by Gasteiger charge is 2.36. The van der Waals surface area contributed by atoms with Gasteiger partial charge in [0, 0.05) is 47.7 Å². The normalized spacial score (nSPS) is 12.6. The van der Waals surface area contributed by atoms with Crippen molar-refractivity contribution in [3.05, 3.63) is 64.8 Å². The van der Waals surface area contributed by atoms with E-state index in [2.05, 4.69) is 15.6 Å². The number of benzene rings is 2. The summed E-state index contributed by atoms with van der Waals surface area (Å²) in [6.45, 7) is 2.96. The fourth-order valence-electron chi connectivity index (χ4n) is 3.88. The number of rotatable bonds is 6. The molecule has 0 radical (unpaired) electrons. The Hall–Kier alpha value is -3.74. The predicted molar refractivity (Wildman–Crippen MR) is 129 cm³/mol. The lowest BCUT2D eigenvalue weighted by Crippen LogP contribution is -2.41. The second-order valence-corrected chi connectivity index (χ2v) is 7.99. The molecule has 2 aromatic carbocycles. The van der Waals surface area contributed by atoms with Crippen molar-refractivity contribution in [3.8, 4) is 17.2 Å². The van der Waals surface area contributed by atoms with E-state index in [4.69, 9.17) is 11.6 Å². The minimum absolute atomic E-state index is 0.176. The summed E-state index contributed by atoms with van der Waals surface area (Å²) in [6, 6.07) is 9.93. The van der Waals surface area contributed by atoms with Crippen LogP contribution in [0.3, 0.4) is 0 Å². The molecular weight excluding hydrogens is 462 g/mol. The summed E-state index contributed by atoms with van der Waals surface area (Å²) in [5, 5.41) is 15.5. The molecule has 0 fully saturated rings. The molecule has 7 nitrogen and oxygen atoms in total. The van der Waals surface area contributed by atoms with Crippen LogP contribution in [0.15, 0.2) is 42.6 Å². The van der Waals surface area contributed by atoms with Crippen LogP contribution in [0.25, 0.3) is 11.1 Å². The molecule has 1 aliphatic heterocycles. The van der Waals surface area contributed by atoms with Gasteiger partial charge in [0.25, 0.3) is 0 Å². The maximum absolute atomic E-state index is 15.4. The minimum atomic E-state index is -0.918. The fourth-order valence-corrected chi connectivity index (χ4v) is 4.04. The number of urea groups is 1. The summed E-state index contributed by atoms with van der Waals surface area (Å²) < 4.78 is 30.8. The van der Waals surface area contributed by atoms with Gasteiger partial charge in [-0.15, -0.1) is 0 Å². The van der Waals surface area contributed by atoms with E-state index in [1.807, 2.05) is 6.07 Å². The van der Waals surface area contributed by atoms with Crippen molar-refractivity contribution in [2.24, 2.45) is 0 Å². The number of nitrogens with zero attached hydrogens (tertiary/aromatic N) is 4. The zero-order chi connectivity index (χ0) is 24.4. The first-order valence-electron chi connectivity index (χ1n) is 10.6. The van der Waals surface area contributed by atoms with Crippen LogP contribution < -0.4 is 20.4 Å². The summed E-state index contributed by atoms with van der Waals surface area (Å²) >= 11 is 6.24. The van der Waals surface area contributed by atoms with Crippen molar-refractivity contribution in [2.75, 3.05) is 41.8 Å². The molecule has 0 bridgehead atoms. The SMILES string of the molecule is CCN1C(=O)N(c2c(F)cc(NCCNC)cc2F)c2cc(Cl)ccc2-c2cc(C#N)cnc21. The van der Waals surface area contributed by atoms with Crippen molar-refractivity contribution in [3.63, 3.8) is 0 Å². The first-order valence-corrected chi connectivity index (χ1v) is 11.0. The van der Waals surface area contributed by atoms with E-state index in [0.717, 1.165) is 17.0 Å². The van der Waals surface area contributed by atoms with Crippen LogP contribution in [-0.2, 0) is 0 Å². The number of hydrogen-bond donors (Lipinski definition) is 2. The molecule has 4 rings (SSSR count). The molecular formula is C24H21ClF2N6O. The van der Waals surface area contributed by atoms with E-state index < -0.39 is 23.4 Å². The Morgan fingerprint density at radius 3 is 2.50 bits per heavy atom. The van der Waals surface area contributed by atoms with E-state index in [1.54, 1.807) is 32.2 Å². The summed E-state index contributed by atoms with van der Waals surface area (Å²) in [4.78, 5) is 20.3.